The van der Waals surface area contributed by atoms with Crippen LogP contribution >= 0.6 is 24.8 Å². The average molecular weight is 177 g/mol. The van der Waals surface area contributed by atoms with Gasteiger partial charge in [-0.1, -0.05) is 33.1 Å². The third kappa shape index (κ3) is 29.2. The Hall–Kier alpha value is 0.797. The van der Waals surface area contributed by atoms with Gasteiger partial charge in [-0.15, -0.1) is 24.8 Å². The Kier molecular flexibility index (Phi) is 72.6. The number of hydrogen-bond donors (Lipinski definition) is 0. The maximum absolute atomic E-state index is 2.21. The molecule has 0 nitrogen and oxygen atoms in total. The van der Waals surface area contributed by atoms with Crippen molar-refractivity contribution in [3.8, 4) is 0 Å². The molecule has 8 heavy (non-hydrogen) atoms. The number of unbranched alkanes of at least 4 members (excludes halogenated alkanes) is 2. The second-order valence-corrected chi connectivity index (χ2v) is 1.35. The van der Waals surface area contributed by atoms with Crippen molar-refractivity contribution in [1.82, 2.24) is 0 Å². The van der Waals surface area contributed by atoms with E-state index in [4.69, 9.17) is 0 Å². The molecule has 0 aliphatic heterocycles. The summed E-state index contributed by atoms with van der Waals surface area (Å²) in [7, 11) is 0. The third-order valence-corrected chi connectivity index (χ3v) is 0.707. The summed E-state index contributed by atoms with van der Waals surface area (Å²) in [5.74, 6) is 0. The van der Waals surface area contributed by atoms with Crippen LogP contribution in [0.3, 0.4) is 0 Å². The van der Waals surface area contributed by atoms with Crippen molar-refractivity contribution in [3.63, 3.8) is 0 Å². The van der Waals surface area contributed by atoms with E-state index in [1.807, 2.05) is 0 Å². The standard InChI is InChI=1S/C5H12.2ClH.H4Si/c1-3-5-4-2;;;/h3-5H2,1-2H3;2*1H;1H4. The fraction of sp³-hybridized carbons (Fsp3) is 1.00. The summed E-state index contributed by atoms with van der Waals surface area (Å²) in [6.45, 7) is 4.42. The maximum Gasteiger partial charge on any atom is -0.0149 e. The lowest BCUT2D eigenvalue weighted by Gasteiger charge is -1.79. The quantitative estimate of drug-likeness (QED) is 0.562. The smallest absolute Gasteiger partial charge is 0.0149 e. The fourth-order valence-electron chi connectivity index (χ4n) is 0.354. The molecule has 0 atom stereocenters. The summed E-state index contributed by atoms with van der Waals surface area (Å²) >= 11 is 0. The molecule has 0 bridgehead atoms. The molecule has 0 radical (unpaired) electrons. The second-order valence-electron chi connectivity index (χ2n) is 1.35. The number of halogens is 2. The highest BCUT2D eigenvalue weighted by Gasteiger charge is 1.68. The van der Waals surface area contributed by atoms with Crippen LogP contribution in [0.1, 0.15) is 33.1 Å². The molecule has 0 aliphatic carbocycles. The topological polar surface area (TPSA) is 0 Å². The summed E-state index contributed by atoms with van der Waals surface area (Å²) in [5, 5.41) is 0. The Labute approximate surface area is 69.3 Å². The van der Waals surface area contributed by atoms with E-state index >= 15 is 0 Å². The van der Waals surface area contributed by atoms with E-state index in [-0.39, 0.29) is 35.8 Å². The Bertz CT molecular complexity index is 17.9. The van der Waals surface area contributed by atoms with E-state index in [1.165, 1.54) is 19.3 Å². The largest absolute Gasteiger partial charge is 0.147 e. The van der Waals surface area contributed by atoms with Gasteiger partial charge in [0, 0.05) is 0 Å². The normalized spacial score (nSPS) is 5.25. The molecule has 0 saturated carbocycles. The minimum atomic E-state index is 0. The van der Waals surface area contributed by atoms with Gasteiger partial charge in [0.05, 0.1) is 0 Å². The van der Waals surface area contributed by atoms with E-state index in [9.17, 15) is 0 Å². The molecule has 0 aliphatic rings. The van der Waals surface area contributed by atoms with Gasteiger partial charge < -0.3 is 0 Å². The molecule has 0 N–H and O–H groups in total. The highest BCUT2D eigenvalue weighted by Crippen LogP contribution is 1.88. The maximum atomic E-state index is 2.21. The zero-order chi connectivity index (χ0) is 4.12. The first kappa shape index (κ1) is 23.2. The summed E-state index contributed by atoms with van der Waals surface area (Å²) < 4.78 is 0. The highest BCUT2D eigenvalue weighted by molar-refractivity contribution is 5.85. The molecule has 0 aromatic rings. The van der Waals surface area contributed by atoms with Crippen LogP contribution in [-0.2, 0) is 0 Å². The average Bonchev–Trinajstić information content (AvgIpc) is 1.41. The molecule has 0 unspecified atom stereocenters. The van der Waals surface area contributed by atoms with Gasteiger partial charge in [0.1, 0.15) is 0 Å². The van der Waals surface area contributed by atoms with Crippen LogP contribution in [0.5, 0.6) is 0 Å². The molecule has 0 saturated heterocycles. The van der Waals surface area contributed by atoms with Crippen molar-refractivity contribution in [3.05, 3.63) is 0 Å². The van der Waals surface area contributed by atoms with Crippen LogP contribution in [0.2, 0.25) is 0 Å². The van der Waals surface area contributed by atoms with Crippen LogP contribution in [0.15, 0.2) is 0 Å². The Morgan fingerprint density at radius 1 is 0.875 bits per heavy atom. The van der Waals surface area contributed by atoms with Crippen molar-refractivity contribution >= 4 is 35.8 Å². The minimum absolute atomic E-state index is 0. The summed E-state index contributed by atoms with van der Waals surface area (Å²) in [5.41, 5.74) is 0. The molecule has 0 aromatic heterocycles. The molecule has 0 amide bonds. The van der Waals surface area contributed by atoms with Gasteiger partial charge in [-0.25, -0.2) is 0 Å². The van der Waals surface area contributed by atoms with E-state index < -0.39 is 0 Å². The van der Waals surface area contributed by atoms with Crippen LogP contribution in [0.4, 0.5) is 0 Å². The van der Waals surface area contributed by atoms with Gasteiger partial charge in [-0.05, 0) is 11.0 Å². The predicted octanol–water partition coefficient (Wildman–Crippen LogP) is 1.59. The van der Waals surface area contributed by atoms with E-state index in [0.29, 0.717) is 0 Å². The summed E-state index contributed by atoms with van der Waals surface area (Å²) in [4.78, 5) is 0. The van der Waals surface area contributed by atoms with Crippen molar-refractivity contribution < 1.29 is 0 Å². The lowest BCUT2D eigenvalue weighted by atomic mass is 10.3. The first-order valence-electron chi connectivity index (χ1n) is 2.41. The first-order valence-corrected chi connectivity index (χ1v) is 2.41. The Morgan fingerprint density at radius 3 is 1.12 bits per heavy atom. The molecule has 0 heterocycles. The fourth-order valence-corrected chi connectivity index (χ4v) is 0.354. The monoisotopic (exact) mass is 176 g/mol. The number of hydrogen-bond acceptors (Lipinski definition) is 0. The summed E-state index contributed by atoms with van der Waals surface area (Å²) in [6, 6.07) is 0. The van der Waals surface area contributed by atoms with Crippen LogP contribution in [0.25, 0.3) is 0 Å². The first-order chi connectivity index (χ1) is 2.41. The van der Waals surface area contributed by atoms with Gasteiger partial charge in [0.25, 0.3) is 0 Å². The molecular formula is C5H18Cl2Si. The van der Waals surface area contributed by atoms with E-state index in [2.05, 4.69) is 13.8 Å². The number of rotatable bonds is 2. The van der Waals surface area contributed by atoms with Gasteiger partial charge in [-0.3, -0.25) is 0 Å². The lowest BCUT2D eigenvalue weighted by Crippen LogP contribution is -1.59. The molecule has 3 heteroatoms. The summed E-state index contributed by atoms with van der Waals surface area (Å²) in [6.07, 6.45) is 4.08. The zero-order valence-corrected chi connectivity index (χ0v) is 6.57. The van der Waals surface area contributed by atoms with Gasteiger partial charge >= 0.3 is 0 Å². The van der Waals surface area contributed by atoms with E-state index in [0.717, 1.165) is 0 Å². The van der Waals surface area contributed by atoms with Crippen molar-refractivity contribution in [1.29, 1.82) is 0 Å². The van der Waals surface area contributed by atoms with Gasteiger partial charge in [-0.2, -0.15) is 0 Å². The molecule has 0 fully saturated rings. The zero-order valence-electron chi connectivity index (χ0n) is 4.94. The second kappa shape index (κ2) is 25.0. The Balaban J connectivity index is -0.0000000267. The molecular weight excluding hydrogens is 159 g/mol. The molecule has 0 aromatic carbocycles. The lowest BCUT2D eigenvalue weighted by molar-refractivity contribution is 0.772. The van der Waals surface area contributed by atoms with E-state index in [1.54, 1.807) is 0 Å². The van der Waals surface area contributed by atoms with Crippen LogP contribution in [0, 0.1) is 0 Å². The predicted molar refractivity (Wildman–Crippen MR) is 51.0 cm³/mol. The van der Waals surface area contributed by atoms with Crippen LogP contribution in [-0.4, -0.2) is 11.0 Å². The third-order valence-electron chi connectivity index (χ3n) is 0.707. The molecule has 0 rings (SSSR count). The molecule has 0 spiro atoms. The van der Waals surface area contributed by atoms with Crippen LogP contribution < -0.4 is 0 Å². The minimum Gasteiger partial charge on any atom is -0.147 e. The van der Waals surface area contributed by atoms with Gasteiger partial charge in [0.15, 0.2) is 0 Å². The Morgan fingerprint density at radius 2 is 1.12 bits per heavy atom. The highest BCUT2D eigenvalue weighted by atomic mass is 35.5. The molecule has 56 valence electrons. The van der Waals surface area contributed by atoms with Gasteiger partial charge in [0.2, 0.25) is 0 Å². The SMILES string of the molecule is CCCCC.Cl.Cl.[SiH4]. The van der Waals surface area contributed by atoms with Crippen molar-refractivity contribution in [2.75, 3.05) is 0 Å². The van der Waals surface area contributed by atoms with Crippen molar-refractivity contribution in [2.45, 2.75) is 33.1 Å². The van der Waals surface area contributed by atoms with Crippen molar-refractivity contribution in [2.24, 2.45) is 0 Å².